The SMILES string of the molecule is CCC(C)(NC)c1cnc(C(F)F)nc1Cl. The van der Waals surface area contributed by atoms with Crippen molar-refractivity contribution in [3.8, 4) is 0 Å². The molecular weight excluding hydrogens is 236 g/mol. The molecule has 0 aliphatic carbocycles. The highest BCUT2D eigenvalue weighted by atomic mass is 35.5. The molecule has 1 unspecified atom stereocenters. The van der Waals surface area contributed by atoms with Gasteiger partial charge in [0.1, 0.15) is 5.15 Å². The van der Waals surface area contributed by atoms with Gasteiger partial charge in [0.2, 0.25) is 0 Å². The Morgan fingerprint density at radius 1 is 1.56 bits per heavy atom. The molecule has 0 aromatic carbocycles. The average molecular weight is 250 g/mol. The summed E-state index contributed by atoms with van der Waals surface area (Å²) < 4.78 is 24.7. The number of alkyl halides is 2. The largest absolute Gasteiger partial charge is 0.311 e. The molecule has 0 radical (unpaired) electrons. The minimum atomic E-state index is -2.70. The van der Waals surface area contributed by atoms with Crippen molar-refractivity contribution in [1.29, 1.82) is 0 Å². The van der Waals surface area contributed by atoms with E-state index in [1.807, 2.05) is 13.8 Å². The zero-order chi connectivity index (χ0) is 12.3. The maximum Gasteiger partial charge on any atom is 0.297 e. The lowest BCUT2D eigenvalue weighted by Crippen LogP contribution is -2.36. The van der Waals surface area contributed by atoms with Crippen molar-refractivity contribution in [3.05, 3.63) is 22.7 Å². The molecule has 1 aromatic rings. The van der Waals surface area contributed by atoms with Gasteiger partial charge in [0.15, 0.2) is 5.82 Å². The lowest BCUT2D eigenvalue weighted by atomic mass is 9.92. The highest BCUT2D eigenvalue weighted by molar-refractivity contribution is 6.30. The predicted molar refractivity (Wildman–Crippen MR) is 58.7 cm³/mol. The van der Waals surface area contributed by atoms with Crippen molar-refractivity contribution in [1.82, 2.24) is 15.3 Å². The van der Waals surface area contributed by atoms with Crippen LogP contribution < -0.4 is 5.32 Å². The lowest BCUT2D eigenvalue weighted by molar-refractivity contribution is 0.140. The van der Waals surface area contributed by atoms with Gasteiger partial charge < -0.3 is 5.32 Å². The van der Waals surface area contributed by atoms with Crippen LogP contribution in [-0.4, -0.2) is 17.0 Å². The summed E-state index contributed by atoms with van der Waals surface area (Å²) >= 11 is 5.89. The Labute approximate surface area is 98.2 Å². The molecule has 1 atom stereocenters. The van der Waals surface area contributed by atoms with E-state index < -0.39 is 17.8 Å². The fourth-order valence-electron chi connectivity index (χ4n) is 1.35. The van der Waals surface area contributed by atoms with Crippen LogP contribution in [0.25, 0.3) is 0 Å². The Morgan fingerprint density at radius 3 is 2.56 bits per heavy atom. The van der Waals surface area contributed by atoms with E-state index in [1.54, 1.807) is 7.05 Å². The molecule has 1 N–H and O–H groups in total. The summed E-state index contributed by atoms with van der Waals surface area (Å²) in [5, 5.41) is 3.16. The molecule has 0 bridgehead atoms. The average Bonchev–Trinajstić information content (AvgIpc) is 2.27. The molecule has 0 aliphatic rings. The molecule has 16 heavy (non-hydrogen) atoms. The van der Waals surface area contributed by atoms with E-state index in [2.05, 4.69) is 15.3 Å². The minimum absolute atomic E-state index is 0.0731. The van der Waals surface area contributed by atoms with Crippen LogP contribution in [-0.2, 0) is 5.54 Å². The summed E-state index contributed by atoms with van der Waals surface area (Å²) in [5.41, 5.74) is 0.223. The smallest absolute Gasteiger partial charge is 0.297 e. The van der Waals surface area contributed by atoms with Gasteiger partial charge in [-0.3, -0.25) is 0 Å². The number of hydrogen-bond donors (Lipinski definition) is 1. The topological polar surface area (TPSA) is 37.8 Å². The molecule has 0 saturated heterocycles. The highest BCUT2D eigenvalue weighted by Crippen LogP contribution is 2.29. The molecule has 0 saturated carbocycles. The Balaban J connectivity index is 3.17. The van der Waals surface area contributed by atoms with Gasteiger partial charge in [0.05, 0.1) is 0 Å². The summed E-state index contributed by atoms with van der Waals surface area (Å²) in [6.07, 6.45) is -0.591. The fourth-order valence-corrected chi connectivity index (χ4v) is 1.69. The molecule has 0 aliphatic heterocycles. The number of halogens is 3. The molecule has 1 aromatic heterocycles. The summed E-state index contributed by atoms with van der Waals surface area (Å²) in [5.74, 6) is -0.539. The van der Waals surface area contributed by atoms with E-state index in [0.29, 0.717) is 5.56 Å². The fraction of sp³-hybridized carbons (Fsp3) is 0.600. The monoisotopic (exact) mass is 249 g/mol. The molecule has 90 valence electrons. The number of nitrogens with one attached hydrogen (secondary N) is 1. The first kappa shape index (κ1) is 13.3. The van der Waals surface area contributed by atoms with Crippen LogP contribution in [0.1, 0.15) is 38.1 Å². The van der Waals surface area contributed by atoms with E-state index in [4.69, 9.17) is 11.6 Å². The van der Waals surface area contributed by atoms with Crippen molar-refractivity contribution in [2.75, 3.05) is 7.05 Å². The summed E-state index contributed by atoms with van der Waals surface area (Å²) in [7, 11) is 1.78. The quantitative estimate of drug-likeness (QED) is 0.834. The van der Waals surface area contributed by atoms with Crippen LogP contribution in [0.3, 0.4) is 0 Å². The second-order valence-electron chi connectivity index (χ2n) is 3.67. The highest BCUT2D eigenvalue weighted by Gasteiger charge is 2.27. The second-order valence-corrected chi connectivity index (χ2v) is 4.03. The molecule has 0 spiro atoms. The number of aromatic nitrogens is 2. The third-order valence-corrected chi connectivity index (χ3v) is 3.10. The lowest BCUT2D eigenvalue weighted by Gasteiger charge is -2.28. The normalized spacial score (nSPS) is 15.2. The van der Waals surface area contributed by atoms with Crippen LogP contribution >= 0.6 is 11.6 Å². The second kappa shape index (κ2) is 5.01. The summed E-state index contributed by atoms with van der Waals surface area (Å²) in [6.45, 7) is 3.88. The van der Waals surface area contributed by atoms with E-state index in [-0.39, 0.29) is 5.15 Å². The first-order valence-electron chi connectivity index (χ1n) is 4.94. The summed E-state index contributed by atoms with van der Waals surface area (Å²) in [4.78, 5) is 7.21. The number of rotatable bonds is 4. The molecule has 6 heteroatoms. The number of hydrogen-bond acceptors (Lipinski definition) is 3. The Kier molecular flexibility index (Phi) is 4.15. The van der Waals surface area contributed by atoms with E-state index in [0.717, 1.165) is 6.42 Å². The van der Waals surface area contributed by atoms with Crippen LogP contribution in [0.2, 0.25) is 5.15 Å². The maximum absolute atomic E-state index is 12.3. The van der Waals surface area contributed by atoms with Crippen molar-refractivity contribution in [2.24, 2.45) is 0 Å². The Hall–Kier alpha value is -0.810. The minimum Gasteiger partial charge on any atom is -0.311 e. The first-order chi connectivity index (χ1) is 7.44. The zero-order valence-electron chi connectivity index (χ0n) is 9.39. The zero-order valence-corrected chi connectivity index (χ0v) is 10.1. The van der Waals surface area contributed by atoms with Gasteiger partial charge in [0.25, 0.3) is 6.43 Å². The molecule has 1 heterocycles. The molecule has 0 amide bonds. The van der Waals surface area contributed by atoms with E-state index in [1.165, 1.54) is 6.20 Å². The van der Waals surface area contributed by atoms with Gasteiger partial charge in [-0.25, -0.2) is 18.7 Å². The predicted octanol–water partition coefficient (Wildman–Crippen LogP) is 2.91. The van der Waals surface area contributed by atoms with Gasteiger partial charge in [-0.2, -0.15) is 0 Å². The molecular formula is C10H14ClF2N3. The molecule has 3 nitrogen and oxygen atoms in total. The van der Waals surface area contributed by atoms with Crippen molar-refractivity contribution in [3.63, 3.8) is 0 Å². The number of nitrogens with zero attached hydrogens (tertiary/aromatic N) is 2. The van der Waals surface area contributed by atoms with E-state index in [9.17, 15) is 8.78 Å². The Bertz CT molecular complexity index is 367. The van der Waals surface area contributed by atoms with Crippen LogP contribution in [0.5, 0.6) is 0 Å². The van der Waals surface area contributed by atoms with Gasteiger partial charge in [-0.15, -0.1) is 0 Å². The van der Waals surface area contributed by atoms with Crippen molar-refractivity contribution in [2.45, 2.75) is 32.2 Å². The van der Waals surface area contributed by atoms with Crippen LogP contribution in [0.4, 0.5) is 8.78 Å². The van der Waals surface area contributed by atoms with Gasteiger partial charge in [-0.05, 0) is 20.4 Å². The van der Waals surface area contributed by atoms with Crippen molar-refractivity contribution < 1.29 is 8.78 Å². The van der Waals surface area contributed by atoms with E-state index >= 15 is 0 Å². The molecule has 0 fully saturated rings. The summed E-state index contributed by atoms with van der Waals surface area (Å²) in [6, 6.07) is 0. The van der Waals surface area contributed by atoms with Gasteiger partial charge >= 0.3 is 0 Å². The molecule has 1 rings (SSSR count). The van der Waals surface area contributed by atoms with Crippen LogP contribution in [0, 0.1) is 0 Å². The Morgan fingerprint density at radius 2 is 2.19 bits per heavy atom. The van der Waals surface area contributed by atoms with Gasteiger partial charge in [-0.1, -0.05) is 18.5 Å². The van der Waals surface area contributed by atoms with Crippen molar-refractivity contribution >= 4 is 11.6 Å². The van der Waals surface area contributed by atoms with Gasteiger partial charge in [0, 0.05) is 17.3 Å². The third-order valence-electron chi connectivity index (χ3n) is 2.81. The maximum atomic E-state index is 12.3. The first-order valence-corrected chi connectivity index (χ1v) is 5.32. The standard InChI is InChI=1S/C10H14ClF2N3/c1-4-10(2,14-3)6-5-15-9(8(12)13)16-7(6)11/h5,8,14H,4H2,1-3H3. The van der Waals surface area contributed by atoms with Crippen LogP contribution in [0.15, 0.2) is 6.20 Å². The third kappa shape index (κ3) is 2.47.